The van der Waals surface area contributed by atoms with Gasteiger partial charge in [0.05, 0.1) is 0 Å². The van der Waals surface area contributed by atoms with Gasteiger partial charge in [0.1, 0.15) is 5.69 Å². The summed E-state index contributed by atoms with van der Waals surface area (Å²) in [5, 5.41) is 16.8. The van der Waals surface area contributed by atoms with Gasteiger partial charge >= 0.3 is 6.01 Å². The minimum absolute atomic E-state index is 0.0384. The fourth-order valence-electron chi connectivity index (χ4n) is 2.54. The van der Waals surface area contributed by atoms with Crippen LogP contribution in [0, 0.1) is 6.92 Å². The molecule has 4 aromatic rings. The first-order valence-electron chi connectivity index (χ1n) is 7.75. The van der Waals surface area contributed by atoms with Gasteiger partial charge in [0.15, 0.2) is 0 Å². The lowest BCUT2D eigenvalue weighted by Gasteiger charge is -2.02. The Hall–Kier alpha value is -3.48. The minimum Gasteiger partial charge on any atom is -0.401 e. The summed E-state index contributed by atoms with van der Waals surface area (Å²) in [6.45, 7) is 1.93. The van der Waals surface area contributed by atoms with Crippen LogP contribution in [0.25, 0.3) is 22.4 Å². The van der Waals surface area contributed by atoms with E-state index >= 15 is 0 Å². The highest BCUT2D eigenvalue weighted by Crippen LogP contribution is 2.20. The van der Waals surface area contributed by atoms with Gasteiger partial charge in [-0.15, -0.1) is 5.10 Å². The molecule has 2 heterocycles. The van der Waals surface area contributed by atoms with Crippen molar-refractivity contribution >= 4 is 22.7 Å². The molecule has 0 saturated carbocycles. The van der Waals surface area contributed by atoms with Gasteiger partial charge < -0.3 is 4.42 Å². The van der Waals surface area contributed by atoms with E-state index in [0.717, 1.165) is 16.5 Å². The molecule has 2 aromatic carbocycles. The van der Waals surface area contributed by atoms with Gasteiger partial charge in [0, 0.05) is 18.3 Å². The summed E-state index contributed by atoms with van der Waals surface area (Å²) in [6.07, 6.45) is 0. The number of rotatable bonds is 3. The third-order valence-electron chi connectivity index (χ3n) is 3.99. The third kappa shape index (κ3) is 2.87. The molecule has 0 saturated heterocycles. The number of anilines is 1. The van der Waals surface area contributed by atoms with E-state index in [2.05, 4.69) is 20.6 Å². The number of nitrogens with one attached hydrogen (secondary N) is 1. The SMILES string of the molecule is Cc1cc(-c2nnc(NC(=O)c3ccc4ccccc4c3)o2)nn1C. The molecule has 0 aliphatic carbocycles. The van der Waals surface area contributed by atoms with Crippen LogP contribution >= 0.6 is 0 Å². The maximum atomic E-state index is 12.4. The number of hydrogen-bond acceptors (Lipinski definition) is 5. The van der Waals surface area contributed by atoms with Crippen LogP contribution in [0.3, 0.4) is 0 Å². The second-order valence-corrected chi connectivity index (χ2v) is 5.72. The quantitative estimate of drug-likeness (QED) is 0.622. The normalized spacial score (nSPS) is 11.0. The standard InChI is InChI=1S/C18H15N5O2/c1-11-9-15(22-23(11)2)17-20-21-18(25-17)19-16(24)14-8-7-12-5-3-4-6-13(12)10-14/h3-10H,1-2H3,(H,19,21,24). The molecule has 0 atom stereocenters. The molecule has 0 fully saturated rings. The Morgan fingerprint density at radius 2 is 1.88 bits per heavy atom. The first-order chi connectivity index (χ1) is 12.1. The van der Waals surface area contributed by atoms with Crippen LogP contribution in [0.1, 0.15) is 16.1 Å². The van der Waals surface area contributed by atoms with Crippen molar-refractivity contribution in [2.45, 2.75) is 6.92 Å². The lowest BCUT2D eigenvalue weighted by molar-refractivity contribution is 0.102. The summed E-state index contributed by atoms with van der Waals surface area (Å²) in [4.78, 5) is 12.4. The zero-order valence-corrected chi connectivity index (χ0v) is 13.7. The van der Waals surface area contributed by atoms with Gasteiger partial charge in [0.25, 0.3) is 11.8 Å². The van der Waals surface area contributed by atoms with Gasteiger partial charge in [-0.3, -0.25) is 14.8 Å². The van der Waals surface area contributed by atoms with Crippen molar-refractivity contribution in [2.24, 2.45) is 7.05 Å². The largest absolute Gasteiger partial charge is 0.401 e. The van der Waals surface area contributed by atoms with Crippen molar-refractivity contribution in [1.82, 2.24) is 20.0 Å². The Kier molecular flexibility index (Phi) is 3.53. The molecule has 0 spiro atoms. The predicted octanol–water partition coefficient (Wildman–Crippen LogP) is 3.18. The maximum Gasteiger partial charge on any atom is 0.322 e. The molecule has 1 N–H and O–H groups in total. The van der Waals surface area contributed by atoms with Gasteiger partial charge in [-0.2, -0.15) is 5.10 Å². The third-order valence-corrected chi connectivity index (χ3v) is 3.99. The molecule has 0 aliphatic heterocycles. The number of hydrogen-bond donors (Lipinski definition) is 1. The number of nitrogens with zero attached hydrogens (tertiary/aromatic N) is 4. The highest BCUT2D eigenvalue weighted by atomic mass is 16.4. The van der Waals surface area contributed by atoms with Crippen LogP contribution in [0.2, 0.25) is 0 Å². The average molecular weight is 333 g/mol. The summed E-state index contributed by atoms with van der Waals surface area (Å²) < 4.78 is 7.20. The molecule has 4 rings (SSSR count). The minimum atomic E-state index is -0.307. The van der Waals surface area contributed by atoms with E-state index in [1.807, 2.05) is 56.4 Å². The van der Waals surface area contributed by atoms with Crippen LogP contribution in [0.5, 0.6) is 0 Å². The molecule has 7 heteroatoms. The monoisotopic (exact) mass is 333 g/mol. The molecule has 25 heavy (non-hydrogen) atoms. The summed E-state index contributed by atoms with van der Waals surface area (Å²) in [5.41, 5.74) is 2.06. The number of carbonyl (C=O) groups is 1. The highest BCUT2D eigenvalue weighted by Gasteiger charge is 2.15. The van der Waals surface area contributed by atoms with Crippen molar-refractivity contribution in [2.75, 3.05) is 5.32 Å². The van der Waals surface area contributed by atoms with Crippen molar-refractivity contribution < 1.29 is 9.21 Å². The van der Waals surface area contributed by atoms with Crippen LogP contribution in [-0.4, -0.2) is 25.9 Å². The van der Waals surface area contributed by atoms with Crippen molar-refractivity contribution in [3.8, 4) is 11.6 Å². The fraction of sp³-hybridized carbons (Fsp3) is 0.111. The van der Waals surface area contributed by atoms with E-state index in [4.69, 9.17) is 4.42 Å². The first-order valence-corrected chi connectivity index (χ1v) is 7.75. The van der Waals surface area contributed by atoms with Gasteiger partial charge in [-0.25, -0.2) is 0 Å². The summed E-state index contributed by atoms with van der Waals surface area (Å²) in [7, 11) is 1.83. The van der Waals surface area contributed by atoms with Crippen LogP contribution in [0.15, 0.2) is 52.9 Å². The number of carbonyl (C=O) groups excluding carboxylic acids is 1. The van der Waals surface area contributed by atoms with Crippen LogP contribution in [-0.2, 0) is 7.05 Å². The smallest absolute Gasteiger partial charge is 0.322 e. The number of aromatic nitrogens is 4. The van der Waals surface area contributed by atoms with Crippen molar-refractivity contribution in [3.05, 3.63) is 59.8 Å². The predicted molar refractivity (Wildman–Crippen MR) is 93.1 cm³/mol. The zero-order chi connectivity index (χ0) is 17.4. The fourth-order valence-corrected chi connectivity index (χ4v) is 2.54. The van der Waals surface area contributed by atoms with E-state index in [9.17, 15) is 4.79 Å². The van der Waals surface area contributed by atoms with Gasteiger partial charge in [-0.1, -0.05) is 35.4 Å². The molecule has 0 bridgehead atoms. The highest BCUT2D eigenvalue weighted by molar-refractivity contribution is 6.05. The van der Waals surface area contributed by atoms with Crippen molar-refractivity contribution in [3.63, 3.8) is 0 Å². The number of fused-ring (bicyclic) bond motifs is 1. The second kappa shape index (κ2) is 5.86. The van der Waals surface area contributed by atoms with Gasteiger partial charge in [-0.05, 0) is 35.9 Å². The van der Waals surface area contributed by atoms with E-state index < -0.39 is 0 Å². The summed E-state index contributed by atoms with van der Waals surface area (Å²) >= 11 is 0. The van der Waals surface area contributed by atoms with Gasteiger partial charge in [0.2, 0.25) is 0 Å². The molecule has 0 radical (unpaired) electrons. The Morgan fingerprint density at radius 3 is 2.64 bits per heavy atom. The molecule has 2 aromatic heterocycles. The summed E-state index contributed by atoms with van der Waals surface area (Å²) in [5.74, 6) is -0.0457. The topological polar surface area (TPSA) is 85.8 Å². The molecule has 0 unspecified atom stereocenters. The molecular formula is C18H15N5O2. The van der Waals surface area contributed by atoms with Crippen molar-refractivity contribution in [1.29, 1.82) is 0 Å². The Bertz CT molecular complexity index is 1060. The average Bonchev–Trinajstić information content (AvgIpc) is 3.21. The van der Waals surface area contributed by atoms with Crippen LogP contribution < -0.4 is 5.32 Å². The molecule has 7 nitrogen and oxygen atoms in total. The maximum absolute atomic E-state index is 12.4. The van der Waals surface area contributed by atoms with E-state index in [1.165, 1.54) is 0 Å². The number of aryl methyl sites for hydroxylation is 2. The Labute approximate surface area is 143 Å². The van der Waals surface area contributed by atoms with E-state index in [1.54, 1.807) is 10.7 Å². The molecule has 1 amide bonds. The lowest BCUT2D eigenvalue weighted by atomic mass is 10.1. The lowest BCUT2D eigenvalue weighted by Crippen LogP contribution is -2.12. The number of benzene rings is 2. The Balaban J connectivity index is 1.56. The van der Waals surface area contributed by atoms with Crippen LogP contribution in [0.4, 0.5) is 6.01 Å². The number of amides is 1. The summed E-state index contributed by atoms with van der Waals surface area (Å²) in [6, 6.07) is 15.2. The molecule has 124 valence electrons. The first kappa shape index (κ1) is 15.1. The van der Waals surface area contributed by atoms with E-state index in [0.29, 0.717) is 11.3 Å². The zero-order valence-electron chi connectivity index (χ0n) is 13.7. The molecule has 0 aliphatic rings. The second-order valence-electron chi connectivity index (χ2n) is 5.72. The van der Waals surface area contributed by atoms with E-state index in [-0.39, 0.29) is 17.8 Å². The Morgan fingerprint density at radius 1 is 1.08 bits per heavy atom. The molecular weight excluding hydrogens is 318 g/mol.